The van der Waals surface area contributed by atoms with Gasteiger partial charge < -0.3 is 0 Å². The van der Waals surface area contributed by atoms with E-state index < -0.39 is 5.66 Å². The third kappa shape index (κ3) is 1.03. The third-order valence-electron chi connectivity index (χ3n) is 2.74. The second-order valence-corrected chi connectivity index (χ2v) is 3.34. The zero-order valence-electron chi connectivity index (χ0n) is 7.57. The number of rotatable bonds is 1. The highest BCUT2D eigenvalue weighted by Crippen LogP contribution is 2.39. The van der Waals surface area contributed by atoms with E-state index in [4.69, 9.17) is 6.57 Å². The summed E-state index contributed by atoms with van der Waals surface area (Å²) >= 11 is 0. The first kappa shape index (κ1) is 8.21. The molecule has 13 heavy (non-hydrogen) atoms. The molecule has 0 bridgehead atoms. The summed E-state index contributed by atoms with van der Waals surface area (Å²) in [6, 6.07) is 3.86. The monoisotopic (exact) mass is 173 g/mol. The first-order valence-corrected chi connectivity index (χ1v) is 4.30. The Bertz CT molecular complexity index is 341. The normalized spacial score (nSPS) is 27.7. The van der Waals surface area contributed by atoms with E-state index in [1.165, 1.54) is 0 Å². The van der Waals surface area contributed by atoms with Gasteiger partial charge in [0.1, 0.15) is 0 Å². The van der Waals surface area contributed by atoms with Crippen LogP contribution in [0.1, 0.15) is 12.0 Å². The summed E-state index contributed by atoms with van der Waals surface area (Å²) in [6.45, 7) is 8.23. The maximum atomic E-state index is 7.23. The minimum Gasteiger partial charge on any atom is -0.287 e. The predicted octanol–water partition coefficient (Wildman–Crippen LogP) is 1.49. The molecule has 0 saturated carbocycles. The van der Waals surface area contributed by atoms with Crippen molar-refractivity contribution in [1.29, 1.82) is 0 Å². The average Bonchev–Trinajstić information content (AvgIpc) is 2.19. The summed E-state index contributed by atoms with van der Waals surface area (Å²) in [4.78, 5) is 9.82. The number of hydrogen-bond donors (Lipinski definition) is 0. The molecule has 1 aliphatic rings. The molecule has 1 unspecified atom stereocenters. The van der Waals surface area contributed by atoms with Crippen LogP contribution in [0.15, 0.2) is 24.5 Å². The van der Waals surface area contributed by atoms with Crippen molar-refractivity contribution in [1.82, 2.24) is 9.88 Å². The fourth-order valence-electron chi connectivity index (χ4n) is 1.72. The molecule has 0 aliphatic carbocycles. The fraction of sp³-hybridized carbons (Fsp3) is 0.400. The molecule has 1 saturated heterocycles. The SMILES string of the molecule is [C-]#[N+]C1(c2cccnc2)CCN1C. The molecule has 3 nitrogen and oxygen atoms in total. The van der Waals surface area contributed by atoms with E-state index in [9.17, 15) is 0 Å². The Morgan fingerprint density at radius 1 is 1.69 bits per heavy atom. The highest BCUT2D eigenvalue weighted by molar-refractivity contribution is 5.27. The molecule has 1 atom stereocenters. The van der Waals surface area contributed by atoms with E-state index >= 15 is 0 Å². The summed E-state index contributed by atoms with van der Waals surface area (Å²) in [5.74, 6) is 0. The van der Waals surface area contributed by atoms with Gasteiger partial charge in [0.05, 0.1) is 12.0 Å². The minimum absolute atomic E-state index is 0.422. The summed E-state index contributed by atoms with van der Waals surface area (Å²) in [5, 5.41) is 0. The Morgan fingerprint density at radius 2 is 2.54 bits per heavy atom. The number of likely N-dealkylation sites (tertiary alicyclic amines) is 1. The van der Waals surface area contributed by atoms with Crippen molar-refractivity contribution >= 4 is 0 Å². The van der Waals surface area contributed by atoms with E-state index in [2.05, 4.69) is 14.7 Å². The fourth-order valence-corrected chi connectivity index (χ4v) is 1.72. The van der Waals surface area contributed by atoms with Crippen LogP contribution < -0.4 is 0 Å². The van der Waals surface area contributed by atoms with Crippen LogP contribution in [0.5, 0.6) is 0 Å². The van der Waals surface area contributed by atoms with Crippen molar-refractivity contribution in [2.24, 2.45) is 0 Å². The van der Waals surface area contributed by atoms with Crippen LogP contribution in [0.25, 0.3) is 4.85 Å². The van der Waals surface area contributed by atoms with E-state index in [0.29, 0.717) is 0 Å². The van der Waals surface area contributed by atoms with Crippen molar-refractivity contribution in [2.75, 3.05) is 13.6 Å². The summed E-state index contributed by atoms with van der Waals surface area (Å²) in [6.07, 6.45) is 4.44. The number of pyridine rings is 1. The Kier molecular flexibility index (Phi) is 1.78. The van der Waals surface area contributed by atoms with E-state index in [1.54, 1.807) is 12.4 Å². The lowest BCUT2D eigenvalue weighted by Crippen LogP contribution is -2.52. The molecule has 0 amide bonds. The zero-order valence-corrected chi connectivity index (χ0v) is 7.57. The number of nitrogens with zero attached hydrogens (tertiary/aromatic N) is 3. The highest BCUT2D eigenvalue weighted by atomic mass is 15.3. The molecule has 0 N–H and O–H groups in total. The lowest BCUT2D eigenvalue weighted by atomic mass is 9.89. The van der Waals surface area contributed by atoms with Gasteiger partial charge in [-0.25, -0.2) is 11.5 Å². The Morgan fingerprint density at radius 3 is 2.92 bits per heavy atom. The van der Waals surface area contributed by atoms with Crippen molar-refractivity contribution in [2.45, 2.75) is 12.1 Å². The Hall–Kier alpha value is -1.40. The molecule has 1 aromatic heterocycles. The van der Waals surface area contributed by atoms with Crippen molar-refractivity contribution in [3.05, 3.63) is 41.5 Å². The van der Waals surface area contributed by atoms with Crippen LogP contribution in [-0.4, -0.2) is 23.5 Å². The molecule has 0 aromatic carbocycles. The lowest BCUT2D eigenvalue weighted by molar-refractivity contribution is 0.0492. The molecular weight excluding hydrogens is 162 g/mol. The molecule has 1 aromatic rings. The van der Waals surface area contributed by atoms with Gasteiger partial charge in [-0.1, -0.05) is 0 Å². The maximum Gasteiger partial charge on any atom is 0.316 e. The lowest BCUT2D eigenvalue weighted by Gasteiger charge is -2.40. The Labute approximate surface area is 77.8 Å². The molecular formula is C10H11N3. The van der Waals surface area contributed by atoms with E-state index in [0.717, 1.165) is 18.5 Å². The number of hydrogen-bond acceptors (Lipinski definition) is 2. The van der Waals surface area contributed by atoms with Crippen LogP contribution in [0, 0.1) is 6.57 Å². The van der Waals surface area contributed by atoms with Gasteiger partial charge in [-0.3, -0.25) is 9.83 Å². The maximum absolute atomic E-state index is 7.23. The van der Waals surface area contributed by atoms with Gasteiger partial charge in [0, 0.05) is 18.9 Å². The van der Waals surface area contributed by atoms with Gasteiger partial charge in [0.2, 0.25) is 0 Å². The second kappa shape index (κ2) is 2.82. The molecule has 0 radical (unpaired) electrons. The molecule has 2 rings (SSSR count). The highest BCUT2D eigenvalue weighted by Gasteiger charge is 2.51. The van der Waals surface area contributed by atoms with Crippen molar-refractivity contribution in [3.8, 4) is 0 Å². The molecule has 1 fully saturated rings. The van der Waals surface area contributed by atoms with Crippen LogP contribution in [0.2, 0.25) is 0 Å². The van der Waals surface area contributed by atoms with Gasteiger partial charge in [-0.05, 0) is 19.2 Å². The van der Waals surface area contributed by atoms with Gasteiger partial charge >= 0.3 is 5.66 Å². The zero-order chi connectivity index (χ0) is 9.31. The standard InChI is InChI=1S/C10H11N3/c1-11-10(5-7-13(10)2)9-4-3-6-12-8-9/h3-4,6,8H,5,7H2,2H3. The first-order valence-electron chi connectivity index (χ1n) is 4.30. The average molecular weight is 173 g/mol. The van der Waals surface area contributed by atoms with Gasteiger partial charge in [0.25, 0.3) is 0 Å². The third-order valence-corrected chi connectivity index (χ3v) is 2.74. The summed E-state index contributed by atoms with van der Waals surface area (Å²) in [5.41, 5.74) is 0.590. The van der Waals surface area contributed by atoms with E-state index in [-0.39, 0.29) is 0 Å². The van der Waals surface area contributed by atoms with Crippen molar-refractivity contribution < 1.29 is 0 Å². The van der Waals surface area contributed by atoms with Gasteiger partial charge in [-0.2, -0.15) is 0 Å². The van der Waals surface area contributed by atoms with Crippen LogP contribution in [0.4, 0.5) is 0 Å². The van der Waals surface area contributed by atoms with E-state index in [1.807, 2.05) is 19.2 Å². The quantitative estimate of drug-likeness (QED) is 0.600. The summed E-state index contributed by atoms with van der Waals surface area (Å²) in [7, 11) is 1.98. The van der Waals surface area contributed by atoms with Gasteiger partial charge in [0.15, 0.2) is 0 Å². The summed E-state index contributed by atoms with van der Waals surface area (Å²) < 4.78 is 0. The smallest absolute Gasteiger partial charge is 0.287 e. The largest absolute Gasteiger partial charge is 0.316 e. The van der Waals surface area contributed by atoms with Crippen LogP contribution in [0.3, 0.4) is 0 Å². The topological polar surface area (TPSA) is 20.5 Å². The predicted molar refractivity (Wildman–Crippen MR) is 49.8 cm³/mol. The van der Waals surface area contributed by atoms with Crippen LogP contribution in [-0.2, 0) is 5.66 Å². The molecule has 1 aliphatic heterocycles. The van der Waals surface area contributed by atoms with Crippen molar-refractivity contribution in [3.63, 3.8) is 0 Å². The number of aromatic nitrogens is 1. The molecule has 0 spiro atoms. The molecule has 66 valence electrons. The minimum atomic E-state index is -0.422. The van der Waals surface area contributed by atoms with Gasteiger partial charge in [-0.15, -0.1) is 0 Å². The second-order valence-electron chi connectivity index (χ2n) is 3.34. The van der Waals surface area contributed by atoms with Crippen LogP contribution >= 0.6 is 0 Å². The Balaban J connectivity index is 2.40. The first-order chi connectivity index (χ1) is 6.29. The molecule has 2 heterocycles. The molecule has 3 heteroatoms.